The van der Waals surface area contributed by atoms with Crippen molar-refractivity contribution >= 4 is 15.9 Å². The van der Waals surface area contributed by atoms with Crippen LogP contribution in [0.3, 0.4) is 0 Å². The molecule has 1 aliphatic rings. The molecule has 2 amide bonds. The molecule has 2 heterocycles. The standard InChI is InChI=1S/C14H21N3O3S/c1-3-11-4-6-15-12(8-11)9-16-14(18)17-7-5-13(10-17)21(2,19)20/h4,6,8,13H,3,5,7,9-10H2,1-2H3,(H,16,18). The summed E-state index contributed by atoms with van der Waals surface area (Å²) in [7, 11) is -3.08. The van der Waals surface area contributed by atoms with Crippen molar-refractivity contribution in [3.8, 4) is 0 Å². The van der Waals surface area contributed by atoms with Gasteiger partial charge in [0.25, 0.3) is 0 Å². The zero-order valence-electron chi connectivity index (χ0n) is 12.4. The van der Waals surface area contributed by atoms with Crippen LogP contribution in [0.15, 0.2) is 18.3 Å². The van der Waals surface area contributed by atoms with Gasteiger partial charge >= 0.3 is 6.03 Å². The molecular weight excluding hydrogens is 290 g/mol. The number of aromatic nitrogens is 1. The molecule has 7 heteroatoms. The number of hydrogen-bond donors (Lipinski definition) is 1. The number of hydrogen-bond acceptors (Lipinski definition) is 4. The van der Waals surface area contributed by atoms with Gasteiger partial charge < -0.3 is 10.2 Å². The van der Waals surface area contributed by atoms with Gasteiger partial charge in [-0.2, -0.15) is 0 Å². The zero-order valence-corrected chi connectivity index (χ0v) is 13.2. The fraction of sp³-hybridized carbons (Fsp3) is 0.571. The second kappa shape index (κ2) is 6.43. The summed E-state index contributed by atoms with van der Waals surface area (Å²) in [6, 6.07) is 3.68. The first kappa shape index (κ1) is 15.8. The first-order valence-electron chi connectivity index (χ1n) is 7.05. The van der Waals surface area contributed by atoms with E-state index in [2.05, 4.69) is 17.2 Å². The minimum atomic E-state index is -3.08. The van der Waals surface area contributed by atoms with Crippen LogP contribution < -0.4 is 5.32 Å². The third-order valence-corrected chi connectivity index (χ3v) is 5.34. The van der Waals surface area contributed by atoms with Gasteiger partial charge in [0.15, 0.2) is 9.84 Å². The second-order valence-electron chi connectivity index (χ2n) is 5.35. The Hall–Kier alpha value is -1.63. The maximum absolute atomic E-state index is 12.0. The number of nitrogens with one attached hydrogen (secondary N) is 1. The monoisotopic (exact) mass is 311 g/mol. The third kappa shape index (κ3) is 4.17. The van der Waals surface area contributed by atoms with Crippen molar-refractivity contribution in [3.63, 3.8) is 0 Å². The van der Waals surface area contributed by atoms with Gasteiger partial charge in [-0.3, -0.25) is 4.98 Å². The zero-order chi connectivity index (χ0) is 15.5. The highest BCUT2D eigenvalue weighted by atomic mass is 32.2. The number of carbonyl (C=O) groups excluding carboxylic acids is 1. The van der Waals surface area contributed by atoms with Crippen LogP contribution in [-0.2, 0) is 22.8 Å². The van der Waals surface area contributed by atoms with Crippen LogP contribution >= 0.6 is 0 Å². The molecule has 0 aromatic carbocycles. The van der Waals surface area contributed by atoms with Gasteiger partial charge in [-0.25, -0.2) is 13.2 Å². The highest BCUT2D eigenvalue weighted by Crippen LogP contribution is 2.16. The predicted octanol–water partition coefficient (Wildman–Crippen LogP) is 0.972. The lowest BCUT2D eigenvalue weighted by molar-refractivity contribution is 0.208. The number of sulfone groups is 1. The molecule has 1 atom stereocenters. The second-order valence-corrected chi connectivity index (χ2v) is 7.68. The maximum Gasteiger partial charge on any atom is 0.317 e. The van der Waals surface area contributed by atoms with E-state index in [-0.39, 0.29) is 12.6 Å². The SMILES string of the molecule is CCc1ccnc(CNC(=O)N2CCC(S(C)(=O)=O)C2)c1. The molecular formula is C14H21N3O3S. The molecule has 1 aromatic heterocycles. The third-order valence-electron chi connectivity index (χ3n) is 3.75. The molecule has 116 valence electrons. The van der Waals surface area contributed by atoms with Crippen molar-refractivity contribution in [3.05, 3.63) is 29.6 Å². The number of aryl methyl sites for hydroxylation is 1. The van der Waals surface area contributed by atoms with Crippen molar-refractivity contribution in [1.82, 2.24) is 15.2 Å². The molecule has 2 rings (SSSR count). The summed E-state index contributed by atoms with van der Waals surface area (Å²) in [5.41, 5.74) is 1.98. The van der Waals surface area contributed by atoms with Crippen molar-refractivity contribution < 1.29 is 13.2 Å². The number of rotatable bonds is 4. The smallest absolute Gasteiger partial charge is 0.317 e. The van der Waals surface area contributed by atoms with Crippen molar-refractivity contribution in [2.24, 2.45) is 0 Å². The van der Waals surface area contributed by atoms with E-state index in [4.69, 9.17) is 0 Å². The number of likely N-dealkylation sites (tertiary alicyclic amines) is 1. The van der Waals surface area contributed by atoms with Gasteiger partial charge in [0, 0.05) is 25.5 Å². The Morgan fingerprint density at radius 2 is 2.29 bits per heavy atom. The number of urea groups is 1. The Kier molecular flexibility index (Phi) is 4.82. The Labute approximate surface area is 125 Å². The Morgan fingerprint density at radius 3 is 2.90 bits per heavy atom. The minimum Gasteiger partial charge on any atom is -0.332 e. The molecule has 1 fully saturated rings. The summed E-state index contributed by atoms with van der Waals surface area (Å²) >= 11 is 0. The molecule has 0 aliphatic carbocycles. The summed E-state index contributed by atoms with van der Waals surface area (Å²) in [5.74, 6) is 0. The molecule has 0 spiro atoms. The molecule has 21 heavy (non-hydrogen) atoms. The van der Waals surface area contributed by atoms with Gasteiger partial charge in [-0.1, -0.05) is 6.92 Å². The van der Waals surface area contributed by atoms with Crippen LogP contribution in [0.25, 0.3) is 0 Å². The lowest BCUT2D eigenvalue weighted by Gasteiger charge is -2.17. The fourth-order valence-corrected chi connectivity index (χ4v) is 3.37. The van der Waals surface area contributed by atoms with E-state index in [0.717, 1.165) is 12.1 Å². The van der Waals surface area contributed by atoms with Gasteiger partial charge in [0.2, 0.25) is 0 Å². The van der Waals surface area contributed by atoms with Gasteiger partial charge in [0.1, 0.15) is 0 Å². The Morgan fingerprint density at radius 1 is 1.52 bits per heavy atom. The van der Waals surface area contributed by atoms with E-state index in [1.54, 1.807) is 11.1 Å². The van der Waals surface area contributed by atoms with Crippen LogP contribution in [0.4, 0.5) is 4.79 Å². The summed E-state index contributed by atoms with van der Waals surface area (Å²) in [6.07, 6.45) is 4.39. The van der Waals surface area contributed by atoms with Crippen LogP contribution in [0.2, 0.25) is 0 Å². The fourth-order valence-electron chi connectivity index (χ4n) is 2.38. The molecule has 0 bridgehead atoms. The molecule has 6 nitrogen and oxygen atoms in total. The number of amides is 2. The van der Waals surface area contributed by atoms with Crippen LogP contribution in [0.5, 0.6) is 0 Å². The van der Waals surface area contributed by atoms with Crippen LogP contribution in [0.1, 0.15) is 24.6 Å². The van der Waals surface area contributed by atoms with Crippen molar-refractivity contribution in [2.75, 3.05) is 19.3 Å². The van der Waals surface area contributed by atoms with E-state index in [9.17, 15) is 13.2 Å². The molecule has 1 aliphatic heterocycles. The van der Waals surface area contributed by atoms with Gasteiger partial charge in [-0.15, -0.1) is 0 Å². The maximum atomic E-state index is 12.0. The van der Waals surface area contributed by atoms with E-state index in [1.807, 2.05) is 12.1 Å². The molecule has 1 unspecified atom stereocenters. The van der Waals surface area contributed by atoms with Crippen LogP contribution in [0, 0.1) is 0 Å². The lowest BCUT2D eigenvalue weighted by Crippen LogP contribution is -2.39. The van der Waals surface area contributed by atoms with E-state index < -0.39 is 15.1 Å². The van der Waals surface area contributed by atoms with E-state index >= 15 is 0 Å². The van der Waals surface area contributed by atoms with Gasteiger partial charge in [-0.05, 0) is 30.5 Å². The van der Waals surface area contributed by atoms with Crippen LogP contribution in [-0.4, -0.2) is 48.9 Å². The van der Waals surface area contributed by atoms with E-state index in [0.29, 0.717) is 19.5 Å². The quantitative estimate of drug-likeness (QED) is 0.898. The topological polar surface area (TPSA) is 79.4 Å². The summed E-state index contributed by atoms with van der Waals surface area (Å²) < 4.78 is 23.0. The molecule has 1 N–H and O–H groups in total. The normalized spacial score (nSPS) is 18.8. The number of pyridine rings is 1. The van der Waals surface area contributed by atoms with Crippen molar-refractivity contribution in [2.45, 2.75) is 31.6 Å². The highest BCUT2D eigenvalue weighted by molar-refractivity contribution is 7.91. The largest absolute Gasteiger partial charge is 0.332 e. The first-order valence-corrected chi connectivity index (χ1v) is 9.01. The summed E-state index contributed by atoms with van der Waals surface area (Å²) in [4.78, 5) is 17.8. The number of carbonyl (C=O) groups is 1. The molecule has 0 saturated carbocycles. The summed E-state index contributed by atoms with van der Waals surface area (Å²) in [6.45, 7) is 3.17. The van der Waals surface area contributed by atoms with Crippen molar-refractivity contribution in [1.29, 1.82) is 0 Å². The molecule has 1 saturated heterocycles. The highest BCUT2D eigenvalue weighted by Gasteiger charge is 2.32. The Bertz CT molecular complexity index is 616. The first-order chi connectivity index (χ1) is 9.90. The minimum absolute atomic E-state index is 0.232. The molecule has 1 aromatic rings. The average molecular weight is 311 g/mol. The van der Waals surface area contributed by atoms with E-state index in [1.165, 1.54) is 11.8 Å². The Balaban J connectivity index is 1.88. The summed E-state index contributed by atoms with van der Waals surface area (Å²) in [5, 5.41) is 2.35. The number of nitrogens with zero attached hydrogens (tertiary/aromatic N) is 2. The predicted molar refractivity (Wildman–Crippen MR) is 80.7 cm³/mol. The molecule has 0 radical (unpaired) electrons. The van der Waals surface area contributed by atoms with Gasteiger partial charge in [0.05, 0.1) is 17.5 Å². The lowest BCUT2D eigenvalue weighted by atomic mass is 10.2. The average Bonchev–Trinajstić information content (AvgIpc) is 2.95.